The fraction of sp³-hybridized carbons (Fsp3) is 0.278. The molecule has 0 aliphatic carbocycles. The van der Waals surface area contributed by atoms with Gasteiger partial charge in [-0.05, 0) is 43.3 Å². The number of halogens is 1. The maximum Gasteiger partial charge on any atom is 0.247 e. The van der Waals surface area contributed by atoms with Crippen molar-refractivity contribution in [1.82, 2.24) is 0 Å². The Labute approximate surface area is 157 Å². The molecular weight excluding hydrogens is 375 g/mol. The van der Waals surface area contributed by atoms with E-state index in [4.69, 9.17) is 9.47 Å². The van der Waals surface area contributed by atoms with Crippen molar-refractivity contribution in [1.29, 1.82) is 0 Å². The van der Waals surface area contributed by atoms with Gasteiger partial charge in [-0.15, -0.1) is 0 Å². The molecular formula is C18H21FN2O5S. The van der Waals surface area contributed by atoms with Gasteiger partial charge in [-0.3, -0.25) is 9.10 Å². The molecule has 2 aromatic rings. The van der Waals surface area contributed by atoms with Crippen LogP contribution in [0.3, 0.4) is 0 Å². The monoisotopic (exact) mass is 396 g/mol. The molecule has 2 aromatic carbocycles. The maximum atomic E-state index is 13.2. The van der Waals surface area contributed by atoms with Crippen LogP contribution in [-0.4, -0.2) is 40.8 Å². The lowest BCUT2D eigenvalue weighted by Gasteiger charge is -2.28. The second-order valence-electron chi connectivity index (χ2n) is 5.77. The zero-order valence-corrected chi connectivity index (χ0v) is 16.2. The lowest BCUT2D eigenvalue weighted by atomic mass is 10.2. The smallest absolute Gasteiger partial charge is 0.247 e. The summed E-state index contributed by atoms with van der Waals surface area (Å²) in [4.78, 5) is 12.6. The molecule has 0 bridgehead atoms. The average molecular weight is 396 g/mol. The molecule has 146 valence electrons. The molecule has 27 heavy (non-hydrogen) atoms. The van der Waals surface area contributed by atoms with Gasteiger partial charge in [0.05, 0.1) is 26.2 Å². The van der Waals surface area contributed by atoms with Crippen molar-refractivity contribution in [2.24, 2.45) is 0 Å². The van der Waals surface area contributed by atoms with Crippen molar-refractivity contribution in [2.45, 2.75) is 13.0 Å². The average Bonchev–Trinajstić information content (AvgIpc) is 2.62. The van der Waals surface area contributed by atoms with Gasteiger partial charge in [-0.1, -0.05) is 0 Å². The number of benzene rings is 2. The summed E-state index contributed by atoms with van der Waals surface area (Å²) in [5.41, 5.74) is 0.603. The summed E-state index contributed by atoms with van der Waals surface area (Å²) in [6, 6.07) is 8.58. The van der Waals surface area contributed by atoms with Crippen molar-refractivity contribution >= 4 is 27.3 Å². The van der Waals surface area contributed by atoms with Crippen LogP contribution in [0.1, 0.15) is 6.92 Å². The zero-order valence-electron chi connectivity index (χ0n) is 15.4. The fourth-order valence-corrected chi connectivity index (χ4v) is 3.73. The molecule has 0 saturated heterocycles. The lowest BCUT2D eigenvalue weighted by Crippen LogP contribution is -2.45. The van der Waals surface area contributed by atoms with E-state index >= 15 is 0 Å². The highest BCUT2D eigenvalue weighted by atomic mass is 32.2. The summed E-state index contributed by atoms with van der Waals surface area (Å²) >= 11 is 0. The van der Waals surface area contributed by atoms with Gasteiger partial charge in [0.25, 0.3) is 0 Å². The molecule has 1 atom stereocenters. The van der Waals surface area contributed by atoms with E-state index in [1.54, 1.807) is 18.2 Å². The number of anilines is 2. The second kappa shape index (κ2) is 8.26. The number of nitrogens with one attached hydrogen (secondary N) is 1. The fourth-order valence-electron chi connectivity index (χ4n) is 2.56. The Morgan fingerprint density at radius 3 is 2.19 bits per heavy atom. The Balaban J connectivity index is 2.29. The molecule has 9 heteroatoms. The molecule has 0 aromatic heterocycles. The van der Waals surface area contributed by atoms with E-state index in [1.807, 2.05) is 0 Å². The third-order valence-electron chi connectivity index (χ3n) is 3.82. The Morgan fingerprint density at radius 1 is 1.07 bits per heavy atom. The first-order valence-corrected chi connectivity index (χ1v) is 9.80. The van der Waals surface area contributed by atoms with Crippen LogP contribution in [0.4, 0.5) is 15.8 Å². The van der Waals surface area contributed by atoms with Crippen LogP contribution >= 0.6 is 0 Å². The first kappa shape index (κ1) is 20.5. The van der Waals surface area contributed by atoms with Crippen molar-refractivity contribution < 1.29 is 27.1 Å². The summed E-state index contributed by atoms with van der Waals surface area (Å²) in [6.45, 7) is 1.44. The minimum Gasteiger partial charge on any atom is -0.493 e. The zero-order chi connectivity index (χ0) is 20.2. The highest BCUT2D eigenvalue weighted by molar-refractivity contribution is 7.92. The van der Waals surface area contributed by atoms with Gasteiger partial charge in [-0.2, -0.15) is 0 Å². The van der Waals surface area contributed by atoms with E-state index < -0.39 is 27.8 Å². The normalized spacial score (nSPS) is 12.2. The molecule has 0 radical (unpaired) electrons. The van der Waals surface area contributed by atoms with E-state index in [0.29, 0.717) is 17.2 Å². The summed E-state index contributed by atoms with van der Waals surface area (Å²) in [5.74, 6) is -0.152. The number of carbonyl (C=O) groups excluding carboxylic acids is 1. The van der Waals surface area contributed by atoms with Crippen molar-refractivity contribution in [3.05, 3.63) is 48.3 Å². The summed E-state index contributed by atoms with van der Waals surface area (Å²) in [5, 5.41) is 2.65. The van der Waals surface area contributed by atoms with Crippen LogP contribution in [-0.2, 0) is 14.8 Å². The first-order valence-electron chi connectivity index (χ1n) is 7.95. The van der Waals surface area contributed by atoms with Crippen molar-refractivity contribution in [2.75, 3.05) is 30.1 Å². The predicted octanol–water partition coefficient (Wildman–Crippen LogP) is 2.64. The number of amides is 1. The van der Waals surface area contributed by atoms with Crippen LogP contribution in [0.5, 0.6) is 11.5 Å². The highest BCUT2D eigenvalue weighted by Gasteiger charge is 2.29. The van der Waals surface area contributed by atoms with E-state index in [-0.39, 0.29) is 5.69 Å². The highest BCUT2D eigenvalue weighted by Crippen LogP contribution is 2.30. The maximum absolute atomic E-state index is 13.2. The number of hydrogen-bond acceptors (Lipinski definition) is 5. The summed E-state index contributed by atoms with van der Waals surface area (Å²) in [7, 11) is -0.830. The Kier molecular flexibility index (Phi) is 6.27. The lowest BCUT2D eigenvalue weighted by molar-refractivity contribution is -0.116. The summed E-state index contributed by atoms with van der Waals surface area (Å²) in [6.07, 6.45) is 0.983. The van der Waals surface area contributed by atoms with Crippen molar-refractivity contribution in [3.63, 3.8) is 0 Å². The Hall–Kier alpha value is -2.81. The third-order valence-corrected chi connectivity index (χ3v) is 5.06. The molecule has 0 fully saturated rings. The quantitative estimate of drug-likeness (QED) is 0.778. The molecule has 0 heterocycles. The van der Waals surface area contributed by atoms with Gasteiger partial charge in [0, 0.05) is 11.8 Å². The van der Waals surface area contributed by atoms with Crippen LogP contribution in [0.15, 0.2) is 42.5 Å². The van der Waals surface area contributed by atoms with Crippen LogP contribution in [0, 0.1) is 5.82 Å². The van der Waals surface area contributed by atoms with E-state index in [1.165, 1.54) is 33.3 Å². The van der Waals surface area contributed by atoms with Gasteiger partial charge in [0.2, 0.25) is 15.9 Å². The second-order valence-corrected chi connectivity index (χ2v) is 7.63. The van der Waals surface area contributed by atoms with Gasteiger partial charge < -0.3 is 14.8 Å². The van der Waals surface area contributed by atoms with E-state index in [9.17, 15) is 17.6 Å². The molecule has 1 unspecified atom stereocenters. The molecule has 1 amide bonds. The third kappa shape index (κ3) is 4.88. The first-order chi connectivity index (χ1) is 12.7. The molecule has 1 N–H and O–H groups in total. The van der Waals surface area contributed by atoms with Crippen LogP contribution < -0.4 is 19.1 Å². The van der Waals surface area contributed by atoms with Crippen molar-refractivity contribution in [3.8, 4) is 11.5 Å². The number of nitrogens with zero attached hydrogens (tertiary/aromatic N) is 1. The van der Waals surface area contributed by atoms with Gasteiger partial charge in [0.1, 0.15) is 11.9 Å². The predicted molar refractivity (Wildman–Crippen MR) is 101 cm³/mol. The number of rotatable bonds is 7. The van der Waals surface area contributed by atoms with Gasteiger partial charge in [-0.25, -0.2) is 12.8 Å². The molecule has 0 aliphatic heterocycles. The largest absolute Gasteiger partial charge is 0.493 e. The van der Waals surface area contributed by atoms with E-state index in [0.717, 1.165) is 22.7 Å². The van der Waals surface area contributed by atoms with Gasteiger partial charge >= 0.3 is 0 Å². The molecule has 0 spiro atoms. The van der Waals surface area contributed by atoms with E-state index in [2.05, 4.69) is 5.32 Å². The number of hydrogen-bond donors (Lipinski definition) is 1. The number of methoxy groups -OCH3 is 2. The Bertz CT molecular complexity index is 916. The molecule has 7 nitrogen and oxygen atoms in total. The molecule has 0 saturated carbocycles. The number of sulfonamides is 1. The topological polar surface area (TPSA) is 84.9 Å². The standard InChI is InChI=1S/C18H21FN2O5S/c1-12(21(27(4,23)24)15-8-5-13(19)6-9-15)18(22)20-14-7-10-16(25-2)17(11-14)26-3/h5-12H,1-4H3,(H,20,22). The number of ether oxygens (including phenoxy) is 2. The van der Waals surface area contributed by atoms with Gasteiger partial charge in [0.15, 0.2) is 11.5 Å². The SMILES string of the molecule is COc1ccc(NC(=O)C(C)N(c2ccc(F)cc2)S(C)(=O)=O)cc1OC. The minimum atomic E-state index is -3.79. The molecule has 0 aliphatic rings. The number of carbonyl (C=O) groups is 1. The summed E-state index contributed by atoms with van der Waals surface area (Å²) < 4.78 is 48.8. The molecule has 2 rings (SSSR count). The van der Waals surface area contributed by atoms with Crippen LogP contribution in [0.25, 0.3) is 0 Å². The minimum absolute atomic E-state index is 0.189. The Morgan fingerprint density at radius 2 is 1.67 bits per heavy atom. The van der Waals surface area contributed by atoms with Crippen LogP contribution in [0.2, 0.25) is 0 Å².